The Kier molecular flexibility index (Phi) is 9.13. The molecule has 1 aromatic carbocycles. The van der Waals surface area contributed by atoms with E-state index in [1.165, 1.54) is 0 Å². The van der Waals surface area contributed by atoms with Gasteiger partial charge in [-0.25, -0.2) is 22.7 Å². The standard InChI is InChI=1S/C18H17F7N2O12P2/c19-7-1-2-8(10(20)3-7)17(21,22)6-27-14(30)9(18(23,24)25)4-26(16(27)31)15-13(29)12(28)11(38-15)5-37-41(35,36)39-40(32,33)34/h1-4,11-13,15,28-29H,5-6H2,(H,35,36)(H2,32,33,34)/t11-,12+,13+,15-/m1/s1. The Morgan fingerprint density at radius 2 is 1.59 bits per heavy atom. The van der Waals surface area contributed by atoms with Crippen molar-refractivity contribution in [2.24, 2.45) is 0 Å². The van der Waals surface area contributed by atoms with Crippen LogP contribution in [0.25, 0.3) is 0 Å². The van der Waals surface area contributed by atoms with E-state index in [9.17, 15) is 64.6 Å². The molecule has 1 aromatic heterocycles. The molecule has 2 heterocycles. The first-order valence-electron chi connectivity index (χ1n) is 10.6. The number of alkyl halides is 5. The van der Waals surface area contributed by atoms with Crippen LogP contribution in [0.5, 0.6) is 0 Å². The molecular formula is C18H17F7N2O12P2. The molecule has 14 nitrogen and oxygen atoms in total. The second-order valence-electron chi connectivity index (χ2n) is 8.33. The summed E-state index contributed by atoms with van der Waals surface area (Å²) in [4.78, 5) is 51.8. The smallest absolute Gasteiger partial charge is 0.387 e. The molecule has 2 aromatic rings. The van der Waals surface area contributed by atoms with Gasteiger partial charge in [0.25, 0.3) is 11.5 Å². The Bertz CT molecular complexity index is 1520. The van der Waals surface area contributed by atoms with Crippen LogP contribution in [0.15, 0.2) is 34.0 Å². The monoisotopic (exact) mass is 648 g/mol. The third kappa shape index (κ3) is 7.50. The predicted molar refractivity (Wildman–Crippen MR) is 115 cm³/mol. The Hall–Kier alpha value is -2.45. The molecule has 1 aliphatic heterocycles. The van der Waals surface area contributed by atoms with Crippen LogP contribution in [0, 0.1) is 11.6 Å². The van der Waals surface area contributed by atoms with Gasteiger partial charge in [-0.05, 0) is 12.1 Å². The molecule has 41 heavy (non-hydrogen) atoms. The van der Waals surface area contributed by atoms with Gasteiger partial charge in [-0.3, -0.25) is 18.5 Å². The number of ether oxygens (including phenoxy) is 1. The summed E-state index contributed by atoms with van der Waals surface area (Å²) in [5.41, 5.74) is -8.18. The number of aromatic nitrogens is 2. The summed E-state index contributed by atoms with van der Waals surface area (Å²) in [6.07, 6.45) is -14.9. The second kappa shape index (κ2) is 11.3. The fraction of sp³-hybridized carbons (Fsp3) is 0.444. The lowest BCUT2D eigenvalue weighted by Crippen LogP contribution is -2.48. The number of rotatable bonds is 9. The number of aliphatic hydroxyl groups excluding tert-OH is 2. The molecule has 1 unspecified atom stereocenters. The second-order valence-corrected chi connectivity index (χ2v) is 11.2. The van der Waals surface area contributed by atoms with E-state index in [1.54, 1.807) is 0 Å². The van der Waals surface area contributed by atoms with Crippen LogP contribution in [0.2, 0.25) is 0 Å². The summed E-state index contributed by atoms with van der Waals surface area (Å²) in [6.45, 7) is -3.56. The van der Waals surface area contributed by atoms with Gasteiger partial charge >= 0.3 is 27.5 Å². The zero-order valence-electron chi connectivity index (χ0n) is 19.6. The van der Waals surface area contributed by atoms with Crippen LogP contribution in [0.4, 0.5) is 30.7 Å². The van der Waals surface area contributed by atoms with Crippen LogP contribution >= 0.6 is 15.6 Å². The third-order valence-corrected chi connectivity index (χ3v) is 7.56. The Labute approximate surface area is 221 Å². The molecule has 5 atom stereocenters. The molecule has 1 saturated heterocycles. The quantitative estimate of drug-likeness (QED) is 0.190. The normalized spacial score (nSPS) is 23.5. The van der Waals surface area contributed by atoms with E-state index in [-0.39, 0.29) is 22.9 Å². The lowest BCUT2D eigenvalue weighted by Gasteiger charge is -2.23. The highest BCUT2D eigenvalue weighted by atomic mass is 31.3. The average molecular weight is 648 g/mol. The topological polar surface area (TPSA) is 207 Å². The number of phosphoric ester groups is 1. The van der Waals surface area contributed by atoms with E-state index in [4.69, 9.17) is 14.5 Å². The largest absolute Gasteiger partial charge is 0.481 e. The molecule has 23 heteroatoms. The van der Waals surface area contributed by atoms with E-state index in [0.29, 0.717) is 6.07 Å². The first-order valence-corrected chi connectivity index (χ1v) is 13.6. The Balaban J connectivity index is 2.03. The number of halogens is 7. The highest BCUT2D eigenvalue weighted by Crippen LogP contribution is 2.57. The number of nitrogens with zero attached hydrogens (tertiary/aromatic N) is 2. The highest BCUT2D eigenvalue weighted by Gasteiger charge is 2.48. The molecule has 0 amide bonds. The predicted octanol–water partition coefficient (Wildman–Crippen LogP) is 0.944. The van der Waals surface area contributed by atoms with Crippen LogP contribution in [-0.4, -0.2) is 58.9 Å². The summed E-state index contributed by atoms with van der Waals surface area (Å²) in [7, 11) is -11.2. The maximum Gasteiger partial charge on any atom is 0.481 e. The third-order valence-electron chi connectivity index (χ3n) is 5.41. The minimum absolute atomic E-state index is 0.0129. The molecule has 0 radical (unpaired) electrons. The zero-order valence-corrected chi connectivity index (χ0v) is 21.4. The fourth-order valence-corrected chi connectivity index (χ4v) is 5.23. The number of hydrogen-bond acceptors (Lipinski definition) is 9. The van der Waals surface area contributed by atoms with E-state index in [0.717, 1.165) is 0 Å². The van der Waals surface area contributed by atoms with E-state index in [1.807, 2.05) is 0 Å². The van der Waals surface area contributed by atoms with Crippen molar-refractivity contribution in [3.05, 3.63) is 68.0 Å². The Morgan fingerprint density at radius 3 is 2.12 bits per heavy atom. The minimum atomic E-state index is -5.61. The van der Waals surface area contributed by atoms with Crippen molar-refractivity contribution in [2.75, 3.05) is 6.61 Å². The van der Waals surface area contributed by atoms with Crippen LogP contribution in [-0.2, 0) is 41.3 Å². The molecule has 0 aliphatic carbocycles. The van der Waals surface area contributed by atoms with Crippen molar-refractivity contribution in [2.45, 2.75) is 43.2 Å². The van der Waals surface area contributed by atoms with Crippen LogP contribution in [0.1, 0.15) is 17.4 Å². The minimum Gasteiger partial charge on any atom is -0.387 e. The van der Waals surface area contributed by atoms with Crippen molar-refractivity contribution in [1.29, 1.82) is 0 Å². The first kappa shape index (κ1) is 33.1. The van der Waals surface area contributed by atoms with Gasteiger partial charge in [-0.2, -0.15) is 26.3 Å². The van der Waals surface area contributed by atoms with Gasteiger partial charge in [0.1, 0.15) is 35.5 Å². The van der Waals surface area contributed by atoms with Crippen molar-refractivity contribution < 1.29 is 78.3 Å². The number of phosphoric acid groups is 2. The first-order chi connectivity index (χ1) is 18.5. The van der Waals surface area contributed by atoms with Crippen LogP contribution in [0.3, 0.4) is 0 Å². The molecular weight excluding hydrogens is 631 g/mol. The van der Waals surface area contributed by atoms with Crippen molar-refractivity contribution in [3.63, 3.8) is 0 Å². The van der Waals surface area contributed by atoms with Gasteiger partial charge in [0, 0.05) is 12.3 Å². The lowest BCUT2D eigenvalue weighted by atomic mass is 10.1. The summed E-state index contributed by atoms with van der Waals surface area (Å²) >= 11 is 0. The summed E-state index contributed by atoms with van der Waals surface area (Å²) < 4.78 is 132. The van der Waals surface area contributed by atoms with E-state index < -0.39 is 104 Å². The molecule has 1 aliphatic rings. The van der Waals surface area contributed by atoms with Crippen molar-refractivity contribution in [1.82, 2.24) is 9.13 Å². The molecule has 0 bridgehead atoms. The van der Waals surface area contributed by atoms with Gasteiger partial charge in [-0.1, -0.05) is 0 Å². The van der Waals surface area contributed by atoms with E-state index >= 15 is 0 Å². The molecule has 5 N–H and O–H groups in total. The van der Waals surface area contributed by atoms with Gasteiger partial charge in [0.15, 0.2) is 6.23 Å². The summed E-state index contributed by atoms with van der Waals surface area (Å²) in [5, 5.41) is 20.4. The molecule has 1 fully saturated rings. The molecule has 230 valence electrons. The average Bonchev–Trinajstić information content (AvgIpc) is 3.06. The number of aliphatic hydroxyl groups is 2. The van der Waals surface area contributed by atoms with Crippen molar-refractivity contribution in [3.8, 4) is 0 Å². The van der Waals surface area contributed by atoms with Crippen LogP contribution < -0.4 is 11.2 Å². The Morgan fingerprint density at radius 1 is 0.976 bits per heavy atom. The van der Waals surface area contributed by atoms with E-state index in [2.05, 4.69) is 8.83 Å². The lowest BCUT2D eigenvalue weighted by molar-refractivity contribution is -0.140. The number of hydrogen-bond donors (Lipinski definition) is 5. The van der Waals surface area contributed by atoms with Crippen molar-refractivity contribution >= 4 is 15.6 Å². The van der Waals surface area contributed by atoms with Gasteiger partial charge in [0.05, 0.1) is 18.7 Å². The summed E-state index contributed by atoms with van der Waals surface area (Å²) in [5.74, 6) is -7.75. The maximum absolute atomic E-state index is 14.9. The fourth-order valence-electron chi connectivity index (χ4n) is 3.63. The molecule has 3 rings (SSSR count). The highest BCUT2D eigenvalue weighted by molar-refractivity contribution is 7.60. The molecule has 0 spiro atoms. The SMILES string of the molecule is O=c1c(C(F)(F)F)cn([C@@H]2O[C@H](COP(=O)(O)OP(=O)(O)O)[C@H](O)[C@@H]2O)c(=O)n1CC(F)(F)c1ccc(F)cc1F. The van der Waals surface area contributed by atoms with Gasteiger partial charge in [-0.15, -0.1) is 0 Å². The van der Waals surface area contributed by atoms with Gasteiger partial charge in [0.2, 0.25) is 0 Å². The zero-order chi connectivity index (χ0) is 31.3. The maximum atomic E-state index is 14.9. The van der Waals surface area contributed by atoms with Gasteiger partial charge < -0.3 is 29.6 Å². The summed E-state index contributed by atoms with van der Waals surface area (Å²) in [6, 6.07) is 0.615. The number of benzene rings is 1. The molecule has 0 saturated carbocycles.